The maximum atomic E-state index is 10.3. The zero-order valence-electron chi connectivity index (χ0n) is 20.1. The lowest BCUT2D eigenvalue weighted by Crippen LogP contribution is -1.88. The zero-order chi connectivity index (χ0) is 24.9. The lowest BCUT2D eigenvalue weighted by Gasteiger charge is -2.10. The number of hydrogen-bond acceptors (Lipinski definition) is 4. The molecule has 6 aromatic carbocycles. The van der Waals surface area contributed by atoms with Crippen molar-refractivity contribution >= 4 is 62.5 Å². The highest BCUT2D eigenvalue weighted by molar-refractivity contribution is 7.32. The number of fused-ring (bicyclic) bond motifs is 7. The number of rotatable bonds is 3. The van der Waals surface area contributed by atoms with E-state index in [9.17, 15) is 5.11 Å². The molecule has 0 aliphatic rings. The van der Waals surface area contributed by atoms with E-state index in [0.717, 1.165) is 54.4 Å². The van der Waals surface area contributed by atoms with Gasteiger partial charge in [0.1, 0.15) is 5.58 Å². The van der Waals surface area contributed by atoms with E-state index in [1.165, 1.54) is 0 Å². The minimum Gasteiger partial charge on any atom is -0.392 e. The van der Waals surface area contributed by atoms with Crippen molar-refractivity contribution in [2.45, 2.75) is 13.5 Å². The van der Waals surface area contributed by atoms with E-state index in [2.05, 4.69) is 54.6 Å². The SMILES string of the molecule is Cc1cc(CO)c2op(Oc3c4ccccc4cc4ccccc34)oc3ccc4ccccc4c3c2c1. The Morgan fingerprint density at radius 2 is 1.32 bits per heavy atom. The van der Waals surface area contributed by atoms with Crippen LogP contribution >= 0.6 is 8.24 Å². The van der Waals surface area contributed by atoms with Gasteiger partial charge in [0.15, 0.2) is 11.3 Å². The molecule has 0 aliphatic heterocycles. The first-order valence-corrected chi connectivity index (χ1v) is 13.3. The molecule has 0 bridgehead atoms. The van der Waals surface area contributed by atoms with Crippen molar-refractivity contribution in [2.24, 2.45) is 0 Å². The molecular formula is C32H23O4P. The van der Waals surface area contributed by atoms with Crippen LogP contribution < -0.4 is 4.52 Å². The lowest BCUT2D eigenvalue weighted by atomic mass is 10.00. The summed E-state index contributed by atoms with van der Waals surface area (Å²) in [5.41, 5.74) is 3.04. The predicted molar refractivity (Wildman–Crippen MR) is 152 cm³/mol. The Labute approximate surface area is 214 Å². The van der Waals surface area contributed by atoms with E-state index in [1.54, 1.807) is 0 Å². The van der Waals surface area contributed by atoms with Crippen LogP contribution in [0.1, 0.15) is 11.1 Å². The maximum Gasteiger partial charge on any atom is 0.453 e. The van der Waals surface area contributed by atoms with Gasteiger partial charge in [-0.1, -0.05) is 78.9 Å². The van der Waals surface area contributed by atoms with Crippen LogP contribution in [-0.2, 0) is 6.61 Å². The molecule has 0 fully saturated rings. The maximum absolute atomic E-state index is 10.3. The normalized spacial score (nSPS) is 12.1. The number of aliphatic hydroxyl groups is 1. The Kier molecular flexibility index (Phi) is 5.17. The fraction of sp³-hybridized carbons (Fsp3) is 0.0625. The molecule has 180 valence electrons. The van der Waals surface area contributed by atoms with Crippen molar-refractivity contribution in [3.05, 3.63) is 114 Å². The van der Waals surface area contributed by atoms with Gasteiger partial charge in [0.25, 0.3) is 0 Å². The van der Waals surface area contributed by atoms with Crippen molar-refractivity contribution in [2.75, 3.05) is 0 Å². The molecule has 0 amide bonds. The second kappa shape index (κ2) is 8.70. The molecule has 37 heavy (non-hydrogen) atoms. The number of aliphatic hydroxyl groups excluding tert-OH is 1. The molecule has 1 N–H and O–H groups in total. The molecule has 1 unspecified atom stereocenters. The van der Waals surface area contributed by atoms with Gasteiger partial charge >= 0.3 is 8.24 Å². The quantitative estimate of drug-likeness (QED) is 0.245. The van der Waals surface area contributed by atoms with Crippen molar-refractivity contribution in [1.82, 2.24) is 0 Å². The minimum atomic E-state index is -1.89. The first-order chi connectivity index (χ1) is 18.2. The fourth-order valence-electron chi connectivity index (χ4n) is 5.22. The van der Waals surface area contributed by atoms with Crippen LogP contribution in [0.2, 0.25) is 0 Å². The average molecular weight is 503 g/mol. The Balaban J connectivity index is 1.60. The van der Waals surface area contributed by atoms with Crippen molar-refractivity contribution in [1.29, 1.82) is 0 Å². The molecule has 1 atom stereocenters. The lowest BCUT2D eigenvalue weighted by molar-refractivity contribution is 0.282. The van der Waals surface area contributed by atoms with Gasteiger partial charge in [-0.3, -0.25) is 0 Å². The van der Waals surface area contributed by atoms with Gasteiger partial charge in [0.2, 0.25) is 0 Å². The summed E-state index contributed by atoms with van der Waals surface area (Å²) >= 11 is 0. The van der Waals surface area contributed by atoms with Gasteiger partial charge in [0, 0.05) is 27.1 Å². The molecule has 0 spiro atoms. The van der Waals surface area contributed by atoms with Gasteiger partial charge in [-0.25, -0.2) is 0 Å². The summed E-state index contributed by atoms with van der Waals surface area (Å²) in [5.74, 6) is 0.725. The number of hydrogen-bond donors (Lipinski definition) is 1. The molecule has 0 saturated carbocycles. The van der Waals surface area contributed by atoms with Crippen LogP contribution in [0, 0.1) is 6.92 Å². The Bertz CT molecular complexity index is 1970. The van der Waals surface area contributed by atoms with Crippen LogP contribution in [-0.4, -0.2) is 5.11 Å². The van der Waals surface area contributed by atoms with E-state index in [-0.39, 0.29) is 6.61 Å². The van der Waals surface area contributed by atoms with Crippen LogP contribution in [0.4, 0.5) is 0 Å². The van der Waals surface area contributed by atoms with Gasteiger partial charge in [-0.15, -0.1) is 0 Å². The van der Waals surface area contributed by atoms with Crippen molar-refractivity contribution in [3.8, 4) is 5.75 Å². The second-order valence-corrected chi connectivity index (χ2v) is 10.3. The third kappa shape index (κ3) is 3.65. The Morgan fingerprint density at radius 1 is 0.676 bits per heavy atom. The van der Waals surface area contributed by atoms with Crippen molar-refractivity contribution < 1.29 is 18.0 Å². The molecule has 1 aromatic heterocycles. The Morgan fingerprint density at radius 3 is 2.03 bits per heavy atom. The fourth-order valence-corrected chi connectivity index (χ4v) is 6.36. The van der Waals surface area contributed by atoms with E-state index in [0.29, 0.717) is 16.7 Å². The second-order valence-electron chi connectivity index (χ2n) is 9.26. The van der Waals surface area contributed by atoms with Crippen molar-refractivity contribution in [3.63, 3.8) is 0 Å². The molecule has 0 radical (unpaired) electrons. The van der Waals surface area contributed by atoms with Gasteiger partial charge in [0.05, 0.1) is 6.61 Å². The third-order valence-corrected chi connectivity index (χ3v) is 7.88. The van der Waals surface area contributed by atoms with E-state index >= 15 is 0 Å². The molecule has 5 heteroatoms. The smallest absolute Gasteiger partial charge is 0.392 e. The molecule has 0 saturated heterocycles. The average Bonchev–Trinajstić information content (AvgIpc) is 3.09. The molecule has 4 nitrogen and oxygen atoms in total. The predicted octanol–water partition coefficient (Wildman–Crippen LogP) is 9.39. The highest BCUT2D eigenvalue weighted by atomic mass is 31.1. The first-order valence-electron chi connectivity index (χ1n) is 12.2. The van der Waals surface area contributed by atoms with Crippen LogP contribution in [0.3, 0.4) is 0 Å². The number of aryl methyl sites for hydroxylation is 1. The summed E-state index contributed by atoms with van der Waals surface area (Å²) in [4.78, 5) is 0. The third-order valence-electron chi connectivity index (χ3n) is 6.87. The number of benzene rings is 6. The van der Waals surface area contributed by atoms with Crippen LogP contribution in [0.5, 0.6) is 5.75 Å². The minimum absolute atomic E-state index is 0.148. The summed E-state index contributed by atoms with van der Waals surface area (Å²) in [6, 6.07) is 34.8. The summed E-state index contributed by atoms with van der Waals surface area (Å²) in [6.45, 7) is 1.88. The molecule has 0 aliphatic carbocycles. The summed E-state index contributed by atoms with van der Waals surface area (Å²) in [5, 5.41) is 18.4. The summed E-state index contributed by atoms with van der Waals surface area (Å²) in [7, 11) is -1.89. The Hall–Kier alpha value is -4.24. The molecule has 7 rings (SSSR count). The van der Waals surface area contributed by atoms with Crippen LogP contribution in [0.15, 0.2) is 112 Å². The topological polar surface area (TPSA) is 55.7 Å². The highest BCUT2D eigenvalue weighted by Crippen LogP contribution is 2.44. The van der Waals surface area contributed by atoms with E-state index < -0.39 is 8.24 Å². The van der Waals surface area contributed by atoms with E-state index in [1.807, 2.05) is 55.5 Å². The van der Waals surface area contributed by atoms with E-state index in [4.69, 9.17) is 12.9 Å². The molecule has 1 heterocycles. The monoisotopic (exact) mass is 502 g/mol. The summed E-state index contributed by atoms with van der Waals surface area (Å²) in [6.07, 6.45) is 0. The van der Waals surface area contributed by atoms with Gasteiger partial charge < -0.3 is 18.0 Å². The standard InChI is InChI=1S/C32H23O4P/c1-20-16-24(19-33)31-28(17-20)30-25-11-5-2-8-21(25)14-15-29(30)34-37(35-31)36-32-26-12-6-3-9-22(26)18-23-10-4-7-13-27(23)32/h2-18,33H,19H2,1H3. The zero-order valence-corrected chi connectivity index (χ0v) is 21.0. The van der Waals surface area contributed by atoms with Crippen LogP contribution in [0.25, 0.3) is 54.3 Å². The molecule has 7 aromatic rings. The van der Waals surface area contributed by atoms with Gasteiger partial charge in [-0.2, -0.15) is 0 Å². The largest absolute Gasteiger partial charge is 0.453 e. The highest BCUT2D eigenvalue weighted by Gasteiger charge is 2.17. The molecular weight excluding hydrogens is 479 g/mol. The van der Waals surface area contributed by atoms with Gasteiger partial charge in [-0.05, 0) is 58.3 Å². The summed E-state index contributed by atoms with van der Waals surface area (Å²) < 4.78 is 19.7. The first kappa shape index (κ1) is 22.0.